The third-order valence-electron chi connectivity index (χ3n) is 4.36. The minimum absolute atomic E-state index is 0.641. The number of nitrogens with zero attached hydrogens (tertiary/aromatic N) is 5. The van der Waals surface area contributed by atoms with Gasteiger partial charge in [-0.05, 0) is 43.7 Å². The van der Waals surface area contributed by atoms with Crippen molar-refractivity contribution in [1.82, 2.24) is 20.0 Å². The highest BCUT2D eigenvalue weighted by molar-refractivity contribution is 5.44. The zero-order valence-electron chi connectivity index (χ0n) is 13.4. The minimum atomic E-state index is 0.641. The number of hydrogen-bond acceptors (Lipinski definition) is 4. The normalized spacial score (nSPS) is 18.6. The highest BCUT2D eigenvalue weighted by atomic mass is 15.4. The molecule has 1 fully saturated rings. The summed E-state index contributed by atoms with van der Waals surface area (Å²) in [4.78, 5) is 6.57. The molecule has 1 unspecified atom stereocenters. The number of aryl methyl sites for hydroxylation is 1. The van der Waals surface area contributed by atoms with E-state index in [0.29, 0.717) is 5.92 Å². The second-order valence-corrected chi connectivity index (χ2v) is 6.20. The van der Waals surface area contributed by atoms with E-state index in [1.807, 2.05) is 17.1 Å². The first-order valence-corrected chi connectivity index (χ1v) is 8.39. The zero-order valence-corrected chi connectivity index (χ0v) is 13.4. The quantitative estimate of drug-likeness (QED) is 0.823. The number of hydrogen-bond donors (Lipinski definition) is 0. The van der Waals surface area contributed by atoms with Crippen LogP contribution in [0, 0.1) is 5.92 Å². The molecular formula is C17H25N5. The Labute approximate surface area is 132 Å². The van der Waals surface area contributed by atoms with E-state index in [2.05, 4.69) is 45.4 Å². The first-order chi connectivity index (χ1) is 10.8. The summed E-state index contributed by atoms with van der Waals surface area (Å²) in [7, 11) is 0. The van der Waals surface area contributed by atoms with E-state index in [1.54, 1.807) is 0 Å². The molecule has 1 saturated heterocycles. The lowest BCUT2D eigenvalue weighted by atomic mass is 9.97. The molecule has 3 heterocycles. The Balaban J connectivity index is 1.57. The maximum Gasteiger partial charge on any atom is 0.0827 e. The van der Waals surface area contributed by atoms with E-state index in [-0.39, 0.29) is 0 Å². The van der Waals surface area contributed by atoms with Crippen LogP contribution in [0.5, 0.6) is 0 Å². The van der Waals surface area contributed by atoms with Gasteiger partial charge in [-0.3, -0.25) is 9.67 Å². The molecule has 0 aromatic carbocycles. The van der Waals surface area contributed by atoms with Gasteiger partial charge in [-0.2, -0.15) is 0 Å². The Morgan fingerprint density at radius 2 is 2.14 bits per heavy atom. The first kappa shape index (κ1) is 15.0. The van der Waals surface area contributed by atoms with Gasteiger partial charge in [0, 0.05) is 43.9 Å². The molecule has 2 aromatic heterocycles. The Kier molecular flexibility index (Phi) is 5.03. The Hall–Kier alpha value is -1.91. The van der Waals surface area contributed by atoms with Gasteiger partial charge in [0.2, 0.25) is 0 Å². The largest absolute Gasteiger partial charge is 0.371 e. The summed E-state index contributed by atoms with van der Waals surface area (Å²) in [5.74, 6) is 0.641. The molecule has 5 heteroatoms. The number of aromatic nitrogens is 4. The SMILES string of the molecule is CCCCc1cn(CC2CCCN(c3ccncc3)C2)nn1. The van der Waals surface area contributed by atoms with E-state index in [4.69, 9.17) is 0 Å². The van der Waals surface area contributed by atoms with Gasteiger partial charge in [-0.25, -0.2) is 0 Å². The molecule has 1 aliphatic rings. The van der Waals surface area contributed by atoms with Gasteiger partial charge in [-0.1, -0.05) is 18.6 Å². The van der Waals surface area contributed by atoms with Crippen LogP contribution in [-0.4, -0.2) is 33.1 Å². The number of rotatable bonds is 6. The summed E-state index contributed by atoms with van der Waals surface area (Å²) >= 11 is 0. The third-order valence-corrected chi connectivity index (χ3v) is 4.36. The predicted octanol–water partition coefficient (Wildman–Crippen LogP) is 2.93. The third kappa shape index (κ3) is 3.84. The lowest BCUT2D eigenvalue weighted by Crippen LogP contribution is -2.37. The van der Waals surface area contributed by atoms with Crippen LogP contribution in [0.1, 0.15) is 38.3 Å². The molecule has 5 nitrogen and oxygen atoms in total. The van der Waals surface area contributed by atoms with Gasteiger partial charge in [0.1, 0.15) is 0 Å². The number of piperidine rings is 1. The van der Waals surface area contributed by atoms with Crippen LogP contribution < -0.4 is 4.90 Å². The second kappa shape index (κ2) is 7.38. The van der Waals surface area contributed by atoms with Crippen LogP contribution in [0.4, 0.5) is 5.69 Å². The minimum Gasteiger partial charge on any atom is -0.371 e. The van der Waals surface area contributed by atoms with Gasteiger partial charge < -0.3 is 4.90 Å². The van der Waals surface area contributed by atoms with Crippen molar-refractivity contribution in [2.45, 2.75) is 45.6 Å². The topological polar surface area (TPSA) is 46.8 Å². The van der Waals surface area contributed by atoms with Crippen molar-refractivity contribution in [2.75, 3.05) is 18.0 Å². The lowest BCUT2D eigenvalue weighted by Gasteiger charge is -2.34. The van der Waals surface area contributed by atoms with Crippen LogP contribution in [0.3, 0.4) is 0 Å². The molecule has 0 bridgehead atoms. The second-order valence-electron chi connectivity index (χ2n) is 6.20. The van der Waals surface area contributed by atoms with E-state index in [0.717, 1.165) is 31.7 Å². The summed E-state index contributed by atoms with van der Waals surface area (Å²) in [6.45, 7) is 5.41. The average molecular weight is 299 g/mol. The molecule has 0 N–H and O–H groups in total. The molecule has 1 atom stereocenters. The standard InChI is InChI=1S/C17H25N5/c1-2-3-6-16-14-22(20-19-16)13-15-5-4-11-21(12-15)17-7-9-18-10-8-17/h7-10,14-15H,2-6,11-13H2,1H3. The summed E-state index contributed by atoms with van der Waals surface area (Å²) in [6.07, 6.45) is 11.8. The van der Waals surface area contributed by atoms with Crippen LogP contribution in [-0.2, 0) is 13.0 Å². The maximum absolute atomic E-state index is 4.30. The summed E-state index contributed by atoms with van der Waals surface area (Å²) in [5, 5.41) is 8.59. The van der Waals surface area contributed by atoms with Crippen molar-refractivity contribution < 1.29 is 0 Å². The van der Waals surface area contributed by atoms with Crippen LogP contribution >= 0.6 is 0 Å². The lowest BCUT2D eigenvalue weighted by molar-refractivity contribution is 0.348. The van der Waals surface area contributed by atoms with Crippen molar-refractivity contribution in [3.63, 3.8) is 0 Å². The molecule has 0 spiro atoms. The fraction of sp³-hybridized carbons (Fsp3) is 0.588. The van der Waals surface area contributed by atoms with E-state index in [9.17, 15) is 0 Å². The molecule has 0 aliphatic carbocycles. The van der Waals surface area contributed by atoms with Gasteiger partial charge in [0.25, 0.3) is 0 Å². The molecule has 1 aliphatic heterocycles. The Morgan fingerprint density at radius 3 is 2.95 bits per heavy atom. The molecule has 0 saturated carbocycles. The molecule has 118 valence electrons. The van der Waals surface area contributed by atoms with Crippen LogP contribution in [0.25, 0.3) is 0 Å². The van der Waals surface area contributed by atoms with Crippen LogP contribution in [0.15, 0.2) is 30.7 Å². The molecule has 0 amide bonds. The first-order valence-electron chi connectivity index (χ1n) is 8.39. The highest BCUT2D eigenvalue weighted by Crippen LogP contribution is 2.23. The Bertz CT molecular complexity index is 565. The predicted molar refractivity (Wildman–Crippen MR) is 87.8 cm³/mol. The highest BCUT2D eigenvalue weighted by Gasteiger charge is 2.21. The fourth-order valence-corrected chi connectivity index (χ4v) is 3.17. The van der Waals surface area contributed by atoms with Gasteiger partial charge in [0.15, 0.2) is 0 Å². The van der Waals surface area contributed by atoms with E-state index >= 15 is 0 Å². The fourth-order valence-electron chi connectivity index (χ4n) is 3.17. The monoisotopic (exact) mass is 299 g/mol. The van der Waals surface area contributed by atoms with Crippen molar-refractivity contribution in [3.8, 4) is 0 Å². The van der Waals surface area contributed by atoms with E-state index < -0.39 is 0 Å². The van der Waals surface area contributed by atoms with Crippen molar-refractivity contribution in [1.29, 1.82) is 0 Å². The van der Waals surface area contributed by atoms with Crippen LogP contribution in [0.2, 0.25) is 0 Å². The van der Waals surface area contributed by atoms with Crippen molar-refractivity contribution in [2.24, 2.45) is 5.92 Å². The Morgan fingerprint density at radius 1 is 1.27 bits per heavy atom. The molecule has 0 radical (unpaired) electrons. The molecular weight excluding hydrogens is 274 g/mol. The van der Waals surface area contributed by atoms with Gasteiger partial charge in [-0.15, -0.1) is 5.10 Å². The average Bonchev–Trinajstić information content (AvgIpc) is 3.01. The maximum atomic E-state index is 4.30. The summed E-state index contributed by atoms with van der Waals surface area (Å²) in [6, 6.07) is 4.20. The smallest absolute Gasteiger partial charge is 0.0827 e. The number of anilines is 1. The van der Waals surface area contributed by atoms with Crippen molar-refractivity contribution >= 4 is 5.69 Å². The zero-order chi connectivity index (χ0) is 15.2. The molecule has 22 heavy (non-hydrogen) atoms. The van der Waals surface area contributed by atoms with E-state index in [1.165, 1.54) is 31.4 Å². The molecule has 3 rings (SSSR count). The van der Waals surface area contributed by atoms with Crippen molar-refractivity contribution in [3.05, 3.63) is 36.4 Å². The van der Waals surface area contributed by atoms with Gasteiger partial charge in [0.05, 0.1) is 5.69 Å². The molecule has 2 aromatic rings. The number of unbranched alkanes of at least 4 members (excludes halogenated alkanes) is 1. The summed E-state index contributed by atoms with van der Waals surface area (Å²) < 4.78 is 2.03. The number of pyridine rings is 1. The van der Waals surface area contributed by atoms with Gasteiger partial charge >= 0.3 is 0 Å². The summed E-state index contributed by atoms with van der Waals surface area (Å²) in [5.41, 5.74) is 2.41.